The average Bonchev–Trinajstić information content (AvgIpc) is 2.50. The molecule has 2 rings (SSSR count). The van der Waals surface area contributed by atoms with Crippen molar-refractivity contribution in [3.05, 3.63) is 23.8 Å². The predicted molar refractivity (Wildman–Crippen MR) is 78.6 cm³/mol. The lowest BCUT2D eigenvalue weighted by Crippen LogP contribution is -2.46. The van der Waals surface area contributed by atoms with Gasteiger partial charge in [0, 0.05) is 33.1 Å². The Morgan fingerprint density at radius 1 is 1.38 bits per heavy atom. The third kappa shape index (κ3) is 3.93. The lowest BCUT2D eigenvalue weighted by molar-refractivity contribution is -0.132. The Kier molecular flexibility index (Phi) is 5.55. The molecule has 2 N–H and O–H groups in total. The lowest BCUT2D eigenvalue weighted by Gasteiger charge is -2.34. The molecule has 6 heteroatoms. The molecule has 1 saturated heterocycles. The van der Waals surface area contributed by atoms with Gasteiger partial charge in [0.2, 0.25) is 0 Å². The molecule has 1 fully saturated rings. The first-order valence-corrected chi connectivity index (χ1v) is 7.07. The second-order valence-electron chi connectivity index (χ2n) is 4.99. The van der Waals surface area contributed by atoms with Crippen LogP contribution < -0.4 is 14.8 Å². The first-order chi connectivity index (χ1) is 10.2. The number of benzene rings is 1. The van der Waals surface area contributed by atoms with Crippen molar-refractivity contribution in [2.24, 2.45) is 0 Å². The van der Waals surface area contributed by atoms with Crippen molar-refractivity contribution in [1.29, 1.82) is 0 Å². The van der Waals surface area contributed by atoms with Gasteiger partial charge in [-0.05, 0) is 17.7 Å². The number of rotatable bonds is 5. The number of nitrogens with zero attached hydrogens (tertiary/aromatic N) is 1. The number of esters is 1. The Labute approximate surface area is 124 Å². The molecule has 0 amide bonds. The third-order valence-corrected chi connectivity index (χ3v) is 3.59. The van der Waals surface area contributed by atoms with Gasteiger partial charge in [-0.25, -0.2) is 0 Å². The Bertz CT molecular complexity index is 487. The summed E-state index contributed by atoms with van der Waals surface area (Å²) in [6, 6.07) is 5.32. The van der Waals surface area contributed by atoms with Gasteiger partial charge in [0.1, 0.15) is 0 Å². The van der Waals surface area contributed by atoms with Crippen LogP contribution in [0.2, 0.25) is 0 Å². The molecule has 0 unspecified atom stereocenters. The van der Waals surface area contributed by atoms with Gasteiger partial charge in [0.05, 0.1) is 19.8 Å². The number of hydrogen-bond acceptors (Lipinski definition) is 6. The van der Waals surface area contributed by atoms with Crippen LogP contribution in [0.15, 0.2) is 18.2 Å². The summed E-state index contributed by atoms with van der Waals surface area (Å²) in [5.41, 5.74) is 0.951. The van der Waals surface area contributed by atoms with Gasteiger partial charge < -0.3 is 19.9 Å². The summed E-state index contributed by atoms with van der Waals surface area (Å²) >= 11 is 0. The van der Waals surface area contributed by atoms with Crippen LogP contribution in [0.25, 0.3) is 0 Å². The number of aliphatic hydroxyl groups is 1. The van der Waals surface area contributed by atoms with Gasteiger partial charge in [-0.1, -0.05) is 6.07 Å². The molecule has 6 nitrogen and oxygen atoms in total. The SMILES string of the molecule is COc1cc([C@@H](CO)N2CCNCC2)ccc1OC(C)=O. The largest absolute Gasteiger partial charge is 0.493 e. The Balaban J connectivity index is 2.22. The van der Waals surface area contributed by atoms with Gasteiger partial charge in [0.25, 0.3) is 0 Å². The van der Waals surface area contributed by atoms with E-state index in [1.807, 2.05) is 12.1 Å². The molecule has 0 spiro atoms. The van der Waals surface area contributed by atoms with Crippen LogP contribution in [0.5, 0.6) is 11.5 Å². The van der Waals surface area contributed by atoms with Crippen LogP contribution in [-0.2, 0) is 4.79 Å². The summed E-state index contributed by atoms with van der Waals surface area (Å²) in [5, 5.41) is 13.0. The van der Waals surface area contributed by atoms with Crippen molar-refractivity contribution in [1.82, 2.24) is 10.2 Å². The van der Waals surface area contributed by atoms with Gasteiger partial charge in [0.15, 0.2) is 11.5 Å². The van der Waals surface area contributed by atoms with Gasteiger partial charge in [-0.2, -0.15) is 0 Å². The number of carbonyl (C=O) groups is 1. The first kappa shape index (κ1) is 15.8. The highest BCUT2D eigenvalue weighted by molar-refractivity contribution is 5.70. The lowest BCUT2D eigenvalue weighted by atomic mass is 10.0. The molecule has 1 atom stereocenters. The number of carbonyl (C=O) groups excluding carboxylic acids is 1. The number of piperazine rings is 1. The Morgan fingerprint density at radius 3 is 2.67 bits per heavy atom. The second-order valence-corrected chi connectivity index (χ2v) is 4.99. The van der Waals surface area contributed by atoms with Gasteiger partial charge in [-0.3, -0.25) is 9.69 Å². The van der Waals surface area contributed by atoms with Gasteiger partial charge >= 0.3 is 5.97 Å². The number of ether oxygens (including phenoxy) is 2. The fraction of sp³-hybridized carbons (Fsp3) is 0.533. The minimum absolute atomic E-state index is 0.0378. The van der Waals surface area contributed by atoms with E-state index in [9.17, 15) is 9.90 Å². The van der Waals surface area contributed by atoms with E-state index in [2.05, 4.69) is 10.2 Å². The maximum Gasteiger partial charge on any atom is 0.308 e. The van der Waals surface area contributed by atoms with Crippen molar-refractivity contribution in [3.8, 4) is 11.5 Å². The molecule has 0 aromatic heterocycles. The first-order valence-electron chi connectivity index (χ1n) is 7.07. The average molecular weight is 294 g/mol. The molecule has 0 aliphatic carbocycles. The molecule has 1 aromatic carbocycles. The molecule has 1 aliphatic rings. The van der Waals surface area contributed by atoms with Crippen molar-refractivity contribution < 1.29 is 19.4 Å². The zero-order valence-corrected chi connectivity index (χ0v) is 12.5. The monoisotopic (exact) mass is 294 g/mol. The molecule has 1 aromatic rings. The molecular formula is C15H22N2O4. The van der Waals surface area contributed by atoms with Crippen molar-refractivity contribution in [2.45, 2.75) is 13.0 Å². The van der Waals surface area contributed by atoms with E-state index in [1.165, 1.54) is 14.0 Å². The molecule has 116 valence electrons. The van der Waals surface area contributed by atoms with Crippen LogP contribution in [-0.4, -0.2) is 55.9 Å². The highest BCUT2D eigenvalue weighted by Crippen LogP contribution is 2.32. The van der Waals surface area contributed by atoms with Crippen molar-refractivity contribution >= 4 is 5.97 Å². The number of hydrogen-bond donors (Lipinski definition) is 2. The van der Waals surface area contributed by atoms with Crippen LogP contribution in [0.1, 0.15) is 18.5 Å². The summed E-state index contributed by atoms with van der Waals surface area (Å²) < 4.78 is 10.4. The molecule has 0 radical (unpaired) electrons. The topological polar surface area (TPSA) is 71.0 Å². The van der Waals surface area contributed by atoms with Crippen molar-refractivity contribution in [2.75, 3.05) is 39.9 Å². The predicted octanol–water partition coefficient (Wildman–Crippen LogP) is 0.559. The van der Waals surface area contributed by atoms with E-state index in [4.69, 9.17) is 9.47 Å². The molecular weight excluding hydrogens is 272 g/mol. The van der Waals surface area contributed by atoms with E-state index in [1.54, 1.807) is 6.07 Å². The minimum atomic E-state index is -0.387. The van der Waals surface area contributed by atoms with Crippen LogP contribution in [0.3, 0.4) is 0 Å². The fourth-order valence-corrected chi connectivity index (χ4v) is 2.56. The summed E-state index contributed by atoms with van der Waals surface area (Å²) in [4.78, 5) is 13.3. The second kappa shape index (κ2) is 7.40. The molecule has 0 saturated carbocycles. The zero-order chi connectivity index (χ0) is 15.2. The maximum absolute atomic E-state index is 11.1. The highest BCUT2D eigenvalue weighted by atomic mass is 16.6. The van der Waals surface area contributed by atoms with Crippen LogP contribution in [0.4, 0.5) is 0 Å². The Hall–Kier alpha value is -1.63. The third-order valence-electron chi connectivity index (χ3n) is 3.59. The van der Waals surface area contributed by atoms with E-state index >= 15 is 0 Å². The van der Waals surface area contributed by atoms with Crippen molar-refractivity contribution in [3.63, 3.8) is 0 Å². The summed E-state index contributed by atoms with van der Waals surface area (Å²) in [7, 11) is 1.53. The molecule has 1 aliphatic heterocycles. The smallest absolute Gasteiger partial charge is 0.308 e. The molecule has 0 bridgehead atoms. The van der Waals surface area contributed by atoms with Crippen LogP contribution in [0, 0.1) is 0 Å². The maximum atomic E-state index is 11.1. The van der Waals surface area contributed by atoms with E-state index in [0.717, 1.165) is 31.7 Å². The summed E-state index contributed by atoms with van der Waals surface area (Å²) in [6.45, 7) is 5.00. The van der Waals surface area contributed by atoms with E-state index < -0.39 is 0 Å². The minimum Gasteiger partial charge on any atom is -0.493 e. The van der Waals surface area contributed by atoms with Gasteiger partial charge in [-0.15, -0.1) is 0 Å². The van der Waals surface area contributed by atoms with E-state index in [0.29, 0.717) is 11.5 Å². The molecule has 21 heavy (non-hydrogen) atoms. The quantitative estimate of drug-likeness (QED) is 0.611. The molecule has 1 heterocycles. The zero-order valence-electron chi connectivity index (χ0n) is 12.5. The summed E-state index contributed by atoms with van der Waals surface area (Å²) in [5.74, 6) is 0.504. The van der Waals surface area contributed by atoms with Crippen LogP contribution >= 0.6 is 0 Å². The number of methoxy groups -OCH3 is 1. The number of nitrogens with one attached hydrogen (secondary N) is 1. The summed E-state index contributed by atoms with van der Waals surface area (Å²) in [6.07, 6.45) is 0. The Morgan fingerprint density at radius 2 is 2.10 bits per heavy atom. The fourth-order valence-electron chi connectivity index (χ4n) is 2.56. The van der Waals surface area contributed by atoms with E-state index in [-0.39, 0.29) is 18.6 Å². The number of aliphatic hydroxyl groups excluding tert-OH is 1. The normalized spacial score (nSPS) is 17.3. The standard InChI is InChI=1S/C15H22N2O4/c1-11(19)21-14-4-3-12(9-15(14)20-2)13(10-18)17-7-5-16-6-8-17/h3-4,9,13,16,18H,5-8,10H2,1-2H3/t13-/m1/s1. The highest BCUT2D eigenvalue weighted by Gasteiger charge is 2.22.